The summed E-state index contributed by atoms with van der Waals surface area (Å²) in [4.78, 5) is 46.0. The molecular formula is C37H38N8O2. The molecule has 1 aliphatic heterocycles. The number of rotatable bonds is 11. The van der Waals surface area contributed by atoms with Crippen molar-refractivity contribution in [1.82, 2.24) is 29.9 Å². The molecule has 4 heterocycles. The summed E-state index contributed by atoms with van der Waals surface area (Å²) >= 11 is 0. The van der Waals surface area contributed by atoms with E-state index in [-0.39, 0.29) is 29.5 Å². The maximum Gasteiger partial charge on any atom is 0.316 e. The van der Waals surface area contributed by atoms with Crippen molar-refractivity contribution in [1.29, 1.82) is 5.26 Å². The molecule has 0 saturated heterocycles. The van der Waals surface area contributed by atoms with Gasteiger partial charge in [-0.15, -0.1) is 0 Å². The van der Waals surface area contributed by atoms with Crippen molar-refractivity contribution in [2.75, 3.05) is 13.7 Å². The number of hydrogen-bond donors (Lipinski definition) is 0. The van der Waals surface area contributed by atoms with Crippen molar-refractivity contribution >= 4 is 11.5 Å². The Kier molecular flexibility index (Phi) is 9.81. The van der Waals surface area contributed by atoms with Gasteiger partial charge >= 0.3 is 6.01 Å². The Morgan fingerprint density at radius 3 is 2.38 bits per heavy atom. The van der Waals surface area contributed by atoms with Crippen molar-refractivity contribution in [2.45, 2.75) is 58.3 Å². The van der Waals surface area contributed by atoms with Crippen LogP contribution in [0.5, 0.6) is 6.01 Å². The lowest BCUT2D eigenvalue weighted by Gasteiger charge is -2.34. The normalized spacial score (nSPS) is 18.9. The Balaban J connectivity index is 1.19. The monoisotopic (exact) mass is 626 g/mol. The number of nitriles is 1. The Hall–Kier alpha value is -5.17. The Morgan fingerprint density at radius 2 is 1.74 bits per heavy atom. The molecule has 47 heavy (non-hydrogen) atoms. The summed E-state index contributed by atoms with van der Waals surface area (Å²) in [5.41, 5.74) is 6.11. The molecular weight excluding hydrogens is 588 g/mol. The zero-order valence-electron chi connectivity index (χ0n) is 27.0. The molecule has 2 unspecified atom stereocenters. The average Bonchev–Trinajstić information content (AvgIpc) is 3.55. The van der Waals surface area contributed by atoms with E-state index >= 15 is 0 Å². The van der Waals surface area contributed by atoms with Crippen LogP contribution in [0.4, 0.5) is 0 Å². The number of methoxy groups -OCH3 is 1. The van der Waals surface area contributed by atoms with Gasteiger partial charge < -0.3 is 4.74 Å². The SMILES string of the molecule is COc1ncc(-c2cnc(C(C(=O)C(C)Cc3ccccc3)C3CCC(Cc4ncc(C#N)c(C5=NCC=C5C)n4)CC3)cn2)cn1. The van der Waals surface area contributed by atoms with Gasteiger partial charge in [0.05, 0.1) is 48.4 Å². The van der Waals surface area contributed by atoms with Gasteiger partial charge in [-0.25, -0.2) is 19.9 Å². The molecule has 4 aromatic rings. The molecule has 2 atom stereocenters. The highest BCUT2D eigenvalue weighted by Gasteiger charge is 2.36. The maximum absolute atomic E-state index is 14.2. The molecule has 10 heteroatoms. The number of benzene rings is 1. The van der Waals surface area contributed by atoms with Gasteiger partial charge in [0.2, 0.25) is 0 Å². The van der Waals surface area contributed by atoms with Gasteiger partial charge in [-0.3, -0.25) is 19.8 Å². The molecule has 1 aliphatic carbocycles. The van der Waals surface area contributed by atoms with Crippen LogP contribution >= 0.6 is 0 Å². The van der Waals surface area contributed by atoms with Gasteiger partial charge in [-0.05, 0) is 62.0 Å². The van der Waals surface area contributed by atoms with Gasteiger partial charge in [0.1, 0.15) is 23.4 Å². The molecule has 2 aliphatic rings. The van der Waals surface area contributed by atoms with Gasteiger partial charge in [0, 0.05) is 42.7 Å². The van der Waals surface area contributed by atoms with E-state index in [1.54, 1.807) is 31.0 Å². The van der Waals surface area contributed by atoms with Crippen molar-refractivity contribution in [3.8, 4) is 23.3 Å². The van der Waals surface area contributed by atoms with Crippen LogP contribution in [0.2, 0.25) is 0 Å². The summed E-state index contributed by atoms with van der Waals surface area (Å²) in [6.45, 7) is 4.64. The molecule has 0 spiro atoms. The fourth-order valence-corrected chi connectivity index (χ4v) is 6.72. The summed E-state index contributed by atoms with van der Waals surface area (Å²) in [5, 5.41) is 9.66. The third-order valence-corrected chi connectivity index (χ3v) is 9.31. The maximum atomic E-state index is 14.2. The molecule has 1 saturated carbocycles. The number of carbonyl (C=O) groups is 1. The molecule has 0 amide bonds. The van der Waals surface area contributed by atoms with Crippen molar-refractivity contribution < 1.29 is 9.53 Å². The molecule has 1 aromatic carbocycles. The number of hydrogen-bond acceptors (Lipinski definition) is 10. The van der Waals surface area contributed by atoms with Crippen LogP contribution in [0, 0.1) is 29.1 Å². The lowest BCUT2D eigenvalue weighted by Crippen LogP contribution is -2.31. The molecule has 238 valence electrons. The van der Waals surface area contributed by atoms with E-state index in [1.807, 2.05) is 38.1 Å². The van der Waals surface area contributed by atoms with E-state index in [0.29, 0.717) is 41.5 Å². The summed E-state index contributed by atoms with van der Waals surface area (Å²) in [6, 6.07) is 12.7. The van der Waals surface area contributed by atoms with Crippen molar-refractivity contribution in [3.05, 3.63) is 101 Å². The first kappa shape index (κ1) is 31.8. The van der Waals surface area contributed by atoms with E-state index in [1.165, 1.54) is 7.11 Å². The lowest BCUT2D eigenvalue weighted by atomic mass is 9.70. The molecule has 3 aromatic heterocycles. The third-order valence-electron chi connectivity index (χ3n) is 9.31. The number of ether oxygens (including phenoxy) is 1. The molecule has 1 fully saturated rings. The van der Waals surface area contributed by atoms with Gasteiger partial charge in [-0.1, -0.05) is 43.3 Å². The topological polar surface area (TPSA) is 140 Å². The number of Topliss-reactive ketones (excluding diaryl/α,β-unsaturated/α-hetero) is 1. The summed E-state index contributed by atoms with van der Waals surface area (Å²) in [6.07, 6.45) is 15.5. The standard InChI is InChI=1S/C37H38N8O2/c1-23-13-14-39-34(23)35-28(17-38)18-42-32(45-35)16-26-9-11-27(12-10-26)33(36(46)24(2)15-25-7-5-4-6-8-25)31-22-40-30(21-41-31)29-19-43-37(47-3)44-20-29/h4-8,13,18-22,24,26-27,33H,9-12,14-16H2,1-3H3. The van der Waals surface area contributed by atoms with Crippen molar-refractivity contribution in [2.24, 2.45) is 22.7 Å². The second kappa shape index (κ2) is 14.5. The molecule has 0 N–H and O–H groups in total. The Labute approximate surface area is 275 Å². The van der Waals surface area contributed by atoms with Crippen LogP contribution in [-0.4, -0.2) is 55.1 Å². The van der Waals surface area contributed by atoms with E-state index in [4.69, 9.17) is 14.7 Å². The minimum absolute atomic E-state index is 0.152. The third kappa shape index (κ3) is 7.30. The van der Waals surface area contributed by atoms with Crippen LogP contribution < -0.4 is 4.74 Å². The first-order valence-corrected chi connectivity index (χ1v) is 16.2. The highest BCUT2D eigenvalue weighted by molar-refractivity contribution is 6.13. The predicted octanol–water partition coefficient (Wildman–Crippen LogP) is 5.93. The number of carbonyl (C=O) groups excluding carboxylic acids is 1. The van der Waals surface area contributed by atoms with E-state index < -0.39 is 0 Å². The highest BCUT2D eigenvalue weighted by atomic mass is 16.5. The number of aromatic nitrogens is 6. The highest BCUT2D eigenvalue weighted by Crippen LogP contribution is 2.40. The van der Waals surface area contributed by atoms with Crippen molar-refractivity contribution in [3.63, 3.8) is 0 Å². The van der Waals surface area contributed by atoms with E-state index in [9.17, 15) is 10.1 Å². The number of ketones is 1. The van der Waals surface area contributed by atoms with Gasteiger partial charge in [0.25, 0.3) is 0 Å². The van der Waals surface area contributed by atoms with Crippen LogP contribution in [0.3, 0.4) is 0 Å². The quantitative estimate of drug-likeness (QED) is 0.198. The van der Waals surface area contributed by atoms with Crippen LogP contribution in [-0.2, 0) is 17.6 Å². The number of aliphatic imine (C=N–C) groups is 1. The zero-order valence-corrected chi connectivity index (χ0v) is 27.0. The largest absolute Gasteiger partial charge is 0.467 e. The number of allylic oxidation sites excluding steroid dienone is 1. The second-order valence-corrected chi connectivity index (χ2v) is 12.5. The molecule has 0 radical (unpaired) electrons. The minimum atomic E-state index is -0.351. The average molecular weight is 627 g/mol. The first-order chi connectivity index (χ1) is 22.9. The van der Waals surface area contributed by atoms with Gasteiger partial charge in [-0.2, -0.15) is 5.26 Å². The van der Waals surface area contributed by atoms with Crippen LogP contribution in [0.25, 0.3) is 11.3 Å². The van der Waals surface area contributed by atoms with Crippen LogP contribution in [0.15, 0.2) is 78.0 Å². The zero-order chi connectivity index (χ0) is 32.8. The lowest BCUT2D eigenvalue weighted by molar-refractivity contribution is -0.125. The summed E-state index contributed by atoms with van der Waals surface area (Å²) in [5.74, 6) is 0.954. The second-order valence-electron chi connectivity index (χ2n) is 12.5. The summed E-state index contributed by atoms with van der Waals surface area (Å²) < 4.78 is 5.07. The van der Waals surface area contributed by atoms with Crippen LogP contribution in [0.1, 0.15) is 73.8 Å². The first-order valence-electron chi connectivity index (χ1n) is 16.2. The Morgan fingerprint density at radius 1 is 0.979 bits per heavy atom. The number of nitrogens with zero attached hydrogens (tertiary/aromatic N) is 8. The fraction of sp³-hybridized carbons (Fsp3) is 0.378. The minimum Gasteiger partial charge on any atom is -0.467 e. The molecule has 6 rings (SSSR count). The van der Waals surface area contributed by atoms with E-state index in [0.717, 1.165) is 60.3 Å². The smallest absolute Gasteiger partial charge is 0.316 e. The van der Waals surface area contributed by atoms with Gasteiger partial charge in [0.15, 0.2) is 0 Å². The van der Waals surface area contributed by atoms with E-state index in [2.05, 4.69) is 43.1 Å². The summed E-state index contributed by atoms with van der Waals surface area (Å²) in [7, 11) is 1.52. The fourth-order valence-electron chi connectivity index (χ4n) is 6.72. The predicted molar refractivity (Wildman–Crippen MR) is 178 cm³/mol. The molecule has 10 nitrogen and oxygen atoms in total. The molecule has 0 bridgehead atoms. The Bertz CT molecular complexity index is 1810.